The Morgan fingerprint density at radius 3 is 2.76 bits per heavy atom. The Morgan fingerprint density at radius 1 is 1.14 bits per heavy atom. The first kappa shape index (κ1) is 13.7. The van der Waals surface area contributed by atoms with E-state index in [4.69, 9.17) is 4.42 Å². The van der Waals surface area contributed by atoms with E-state index in [1.807, 2.05) is 30.3 Å². The van der Waals surface area contributed by atoms with Crippen LogP contribution in [-0.4, -0.2) is 5.11 Å². The highest BCUT2D eigenvalue weighted by molar-refractivity contribution is 9.10. The van der Waals surface area contributed by atoms with Crippen LogP contribution in [0, 0.1) is 0 Å². The van der Waals surface area contributed by atoms with Gasteiger partial charge in [-0.25, -0.2) is 4.79 Å². The monoisotopic (exact) mass is 345 g/mol. The molecular weight excluding hydrogens is 334 g/mol. The van der Waals surface area contributed by atoms with Crippen LogP contribution in [-0.2, 0) is 6.54 Å². The van der Waals surface area contributed by atoms with Crippen molar-refractivity contribution in [3.8, 4) is 5.75 Å². The largest absolute Gasteiger partial charge is 0.507 e. The quantitative estimate of drug-likeness (QED) is 0.707. The van der Waals surface area contributed by atoms with Crippen molar-refractivity contribution < 1.29 is 9.52 Å². The highest BCUT2D eigenvalue weighted by Gasteiger charge is 2.05. The molecule has 0 aliphatic carbocycles. The third-order valence-electron chi connectivity index (χ3n) is 3.15. The molecule has 3 aromatic rings. The van der Waals surface area contributed by atoms with Gasteiger partial charge in [-0.05, 0) is 45.8 Å². The number of fused-ring (bicyclic) bond motifs is 1. The number of anilines is 1. The Balaban J connectivity index is 1.91. The molecular formula is C16H12BrNO3. The fraction of sp³-hybridized carbons (Fsp3) is 0.0625. The number of nitrogens with one attached hydrogen (secondary N) is 1. The second-order valence-electron chi connectivity index (χ2n) is 4.61. The number of phenolic OH excluding ortho intramolecular Hbond substituents is 1. The van der Waals surface area contributed by atoms with Crippen LogP contribution in [0.3, 0.4) is 0 Å². The Bertz CT molecular complexity index is 858. The zero-order valence-electron chi connectivity index (χ0n) is 11.0. The van der Waals surface area contributed by atoms with Gasteiger partial charge in [-0.1, -0.05) is 18.2 Å². The molecule has 4 nitrogen and oxygen atoms in total. The third-order valence-corrected chi connectivity index (χ3v) is 3.78. The lowest BCUT2D eigenvalue weighted by atomic mass is 10.2. The van der Waals surface area contributed by atoms with E-state index in [9.17, 15) is 9.90 Å². The Labute approximate surface area is 129 Å². The van der Waals surface area contributed by atoms with Crippen LogP contribution in [0.25, 0.3) is 11.0 Å². The first-order valence-electron chi connectivity index (χ1n) is 6.37. The van der Waals surface area contributed by atoms with Gasteiger partial charge >= 0.3 is 5.63 Å². The molecule has 106 valence electrons. The van der Waals surface area contributed by atoms with Crippen LogP contribution < -0.4 is 10.9 Å². The maximum atomic E-state index is 11.6. The third kappa shape index (κ3) is 2.92. The number of aromatic hydroxyl groups is 1. The summed E-state index contributed by atoms with van der Waals surface area (Å²) in [5.74, 6) is 0.199. The van der Waals surface area contributed by atoms with E-state index >= 15 is 0 Å². The summed E-state index contributed by atoms with van der Waals surface area (Å²) >= 11 is 3.28. The van der Waals surface area contributed by atoms with Crippen LogP contribution in [0.4, 0.5) is 5.69 Å². The van der Waals surface area contributed by atoms with E-state index in [0.29, 0.717) is 16.6 Å². The number of para-hydroxylation sites is 1. The highest BCUT2D eigenvalue weighted by atomic mass is 79.9. The lowest BCUT2D eigenvalue weighted by Gasteiger charge is -2.09. The van der Waals surface area contributed by atoms with Crippen molar-refractivity contribution >= 4 is 32.6 Å². The molecule has 0 aliphatic rings. The number of hydrogen-bond donors (Lipinski definition) is 2. The molecule has 2 N–H and O–H groups in total. The molecule has 5 heteroatoms. The number of phenols is 1. The number of hydrogen-bond acceptors (Lipinski definition) is 4. The van der Waals surface area contributed by atoms with Crippen molar-refractivity contribution in [3.63, 3.8) is 0 Å². The predicted molar refractivity (Wildman–Crippen MR) is 85.6 cm³/mol. The van der Waals surface area contributed by atoms with Crippen LogP contribution in [0.5, 0.6) is 5.75 Å². The van der Waals surface area contributed by atoms with Crippen molar-refractivity contribution in [2.75, 3.05) is 5.32 Å². The van der Waals surface area contributed by atoms with Gasteiger partial charge in [0.1, 0.15) is 11.3 Å². The second kappa shape index (κ2) is 5.61. The second-order valence-corrected chi connectivity index (χ2v) is 5.47. The highest BCUT2D eigenvalue weighted by Crippen LogP contribution is 2.25. The summed E-state index contributed by atoms with van der Waals surface area (Å²) in [4.78, 5) is 11.6. The molecule has 1 heterocycles. The zero-order valence-corrected chi connectivity index (χ0v) is 12.6. The van der Waals surface area contributed by atoms with Gasteiger partial charge in [0.2, 0.25) is 0 Å². The van der Waals surface area contributed by atoms with E-state index in [0.717, 1.165) is 16.6 Å². The predicted octanol–water partition coefficient (Wildman–Crippen LogP) is 3.87. The van der Waals surface area contributed by atoms with Crippen LogP contribution in [0.1, 0.15) is 5.56 Å². The average Bonchev–Trinajstić information content (AvgIpc) is 2.48. The van der Waals surface area contributed by atoms with Gasteiger partial charge in [-0.15, -0.1) is 0 Å². The van der Waals surface area contributed by atoms with Crippen LogP contribution in [0.2, 0.25) is 0 Å². The SMILES string of the molecule is O=c1cc(NCc2ccc(O)c(Br)c2)c2ccccc2o1. The van der Waals surface area contributed by atoms with Crippen molar-refractivity contribution in [3.05, 3.63) is 69.0 Å². The molecule has 0 radical (unpaired) electrons. The fourth-order valence-corrected chi connectivity index (χ4v) is 2.54. The maximum Gasteiger partial charge on any atom is 0.338 e. The molecule has 0 saturated heterocycles. The van der Waals surface area contributed by atoms with Crippen LogP contribution in [0.15, 0.2) is 62.2 Å². The molecule has 21 heavy (non-hydrogen) atoms. The van der Waals surface area contributed by atoms with Gasteiger partial charge < -0.3 is 14.8 Å². The van der Waals surface area contributed by atoms with Gasteiger partial charge in [0.15, 0.2) is 0 Å². The minimum Gasteiger partial charge on any atom is -0.507 e. The molecule has 0 unspecified atom stereocenters. The Morgan fingerprint density at radius 2 is 1.95 bits per heavy atom. The summed E-state index contributed by atoms with van der Waals surface area (Å²) in [5.41, 5.74) is 1.88. The molecule has 0 bridgehead atoms. The van der Waals surface area contributed by atoms with Gasteiger partial charge in [0.05, 0.1) is 10.2 Å². The average molecular weight is 346 g/mol. The number of halogens is 1. The Hall–Kier alpha value is -2.27. The number of benzene rings is 2. The van der Waals surface area contributed by atoms with E-state index < -0.39 is 0 Å². The van der Waals surface area contributed by atoms with Crippen molar-refractivity contribution in [2.24, 2.45) is 0 Å². The summed E-state index contributed by atoms with van der Waals surface area (Å²) in [5, 5.41) is 13.6. The lowest BCUT2D eigenvalue weighted by Crippen LogP contribution is -2.05. The minimum absolute atomic E-state index is 0.199. The fourth-order valence-electron chi connectivity index (χ4n) is 2.12. The van der Waals surface area contributed by atoms with E-state index in [1.165, 1.54) is 6.07 Å². The van der Waals surface area contributed by atoms with Gasteiger partial charge in [-0.2, -0.15) is 0 Å². The first-order valence-corrected chi connectivity index (χ1v) is 7.17. The summed E-state index contributed by atoms with van der Waals surface area (Å²) in [6, 6.07) is 14.1. The minimum atomic E-state index is -0.386. The molecule has 0 spiro atoms. The molecule has 0 amide bonds. The van der Waals surface area contributed by atoms with Gasteiger partial charge in [-0.3, -0.25) is 0 Å². The molecule has 0 saturated carbocycles. The standard InChI is InChI=1S/C16H12BrNO3/c17-12-7-10(5-6-14(12)19)9-18-13-8-16(20)21-15-4-2-1-3-11(13)15/h1-8,18-19H,9H2. The van der Waals surface area contributed by atoms with E-state index in [2.05, 4.69) is 21.2 Å². The molecule has 2 aromatic carbocycles. The first-order chi connectivity index (χ1) is 10.1. The van der Waals surface area contributed by atoms with Crippen molar-refractivity contribution in [2.45, 2.75) is 6.54 Å². The van der Waals surface area contributed by atoms with E-state index in [-0.39, 0.29) is 11.4 Å². The molecule has 1 aromatic heterocycles. The summed E-state index contributed by atoms with van der Waals surface area (Å²) < 4.78 is 5.79. The van der Waals surface area contributed by atoms with Crippen molar-refractivity contribution in [1.82, 2.24) is 0 Å². The smallest absolute Gasteiger partial charge is 0.338 e. The summed E-state index contributed by atoms with van der Waals surface area (Å²) in [7, 11) is 0. The summed E-state index contributed by atoms with van der Waals surface area (Å²) in [6.45, 7) is 0.534. The molecule has 0 fully saturated rings. The Kier molecular flexibility index (Phi) is 3.66. The zero-order chi connectivity index (χ0) is 14.8. The van der Waals surface area contributed by atoms with E-state index in [1.54, 1.807) is 12.1 Å². The molecule has 0 aliphatic heterocycles. The van der Waals surface area contributed by atoms with Gasteiger partial charge in [0, 0.05) is 18.0 Å². The van der Waals surface area contributed by atoms with Crippen molar-refractivity contribution in [1.29, 1.82) is 0 Å². The molecule has 3 rings (SSSR count). The van der Waals surface area contributed by atoms with Crippen LogP contribution >= 0.6 is 15.9 Å². The van der Waals surface area contributed by atoms with Gasteiger partial charge in [0.25, 0.3) is 0 Å². The summed E-state index contributed by atoms with van der Waals surface area (Å²) in [6.07, 6.45) is 0. The lowest BCUT2D eigenvalue weighted by molar-refractivity contribution is 0.471. The normalized spacial score (nSPS) is 10.7. The maximum absolute atomic E-state index is 11.6. The number of rotatable bonds is 3. The molecule has 0 atom stereocenters. The topological polar surface area (TPSA) is 62.5 Å².